The molecule has 1 aromatic heterocycles. The first-order chi connectivity index (χ1) is 12.1. The van der Waals surface area contributed by atoms with Gasteiger partial charge in [0, 0.05) is 23.2 Å². The lowest BCUT2D eigenvalue weighted by Crippen LogP contribution is -2.11. The Kier molecular flexibility index (Phi) is 3.96. The van der Waals surface area contributed by atoms with Gasteiger partial charge < -0.3 is 19.2 Å². The number of H-pyrrole nitrogens is 1. The van der Waals surface area contributed by atoms with E-state index in [0.717, 1.165) is 32.8 Å². The van der Waals surface area contributed by atoms with E-state index in [9.17, 15) is 0 Å². The monoisotopic (exact) mass is 399 g/mol. The molecule has 0 saturated carbocycles. The van der Waals surface area contributed by atoms with Crippen molar-refractivity contribution >= 4 is 15.9 Å². The van der Waals surface area contributed by atoms with E-state index >= 15 is 0 Å². The summed E-state index contributed by atoms with van der Waals surface area (Å²) in [6.45, 7) is 2.07. The minimum absolute atomic E-state index is 0.0571. The highest BCUT2D eigenvalue weighted by Crippen LogP contribution is 2.49. The number of hydrogen-bond donors (Lipinski definition) is 1. The number of hydrogen-bond acceptors (Lipinski definition) is 3. The average Bonchev–Trinajstić information content (AvgIpc) is 3.06. The maximum absolute atomic E-state index is 6.06. The molecule has 1 atom stereocenters. The van der Waals surface area contributed by atoms with E-state index < -0.39 is 0 Å². The Morgan fingerprint density at radius 3 is 2.64 bits per heavy atom. The molecule has 1 unspecified atom stereocenters. The highest BCUT2D eigenvalue weighted by Gasteiger charge is 2.30. The van der Waals surface area contributed by atoms with Gasteiger partial charge in [-0.25, -0.2) is 0 Å². The number of halogens is 1. The topological polar surface area (TPSA) is 43.5 Å². The van der Waals surface area contributed by atoms with Gasteiger partial charge in [0.2, 0.25) is 5.88 Å². The number of ether oxygens (including phenoxy) is 3. The van der Waals surface area contributed by atoms with Crippen LogP contribution in [0.5, 0.6) is 23.1 Å². The maximum atomic E-state index is 6.06. The molecule has 1 N–H and O–H groups in total. The van der Waals surface area contributed by atoms with Gasteiger partial charge in [0.15, 0.2) is 11.5 Å². The molecule has 0 saturated heterocycles. The van der Waals surface area contributed by atoms with E-state index in [1.165, 1.54) is 5.56 Å². The predicted octanol–water partition coefficient (Wildman–Crippen LogP) is 5.39. The molecular formula is C20H18BrNO3. The van der Waals surface area contributed by atoms with E-state index in [2.05, 4.69) is 58.2 Å². The molecule has 0 fully saturated rings. The van der Waals surface area contributed by atoms with Crippen molar-refractivity contribution in [3.8, 4) is 23.1 Å². The van der Waals surface area contributed by atoms with Crippen molar-refractivity contribution in [1.82, 2.24) is 4.98 Å². The zero-order chi connectivity index (χ0) is 17.6. The van der Waals surface area contributed by atoms with Crippen LogP contribution in [0.25, 0.3) is 0 Å². The second kappa shape index (κ2) is 6.15. The van der Waals surface area contributed by atoms with Gasteiger partial charge in [-0.05, 0) is 58.2 Å². The molecule has 4 nitrogen and oxygen atoms in total. The number of aryl methyl sites for hydroxylation is 1. The standard InChI is InChI=1S/C20H18BrNO3/c1-11-4-5-13-16(8-11)25-20-14(6-7-22-20)18(13)12-9-15(21)19(24-3)17(10-12)23-2/h4-10,18,22H,1-3H3. The lowest BCUT2D eigenvalue weighted by atomic mass is 9.84. The Morgan fingerprint density at radius 2 is 1.88 bits per heavy atom. The van der Waals surface area contributed by atoms with E-state index in [1.54, 1.807) is 14.2 Å². The summed E-state index contributed by atoms with van der Waals surface area (Å²) in [4.78, 5) is 3.19. The van der Waals surface area contributed by atoms with Gasteiger partial charge in [-0.2, -0.15) is 0 Å². The van der Waals surface area contributed by atoms with Crippen molar-refractivity contribution in [3.63, 3.8) is 0 Å². The molecule has 4 rings (SSSR count). The second-order valence-corrected chi connectivity index (χ2v) is 6.93. The summed E-state index contributed by atoms with van der Waals surface area (Å²) >= 11 is 3.60. The first-order valence-corrected chi connectivity index (χ1v) is 8.78. The number of benzene rings is 2. The van der Waals surface area contributed by atoms with Crippen molar-refractivity contribution in [2.24, 2.45) is 0 Å². The van der Waals surface area contributed by atoms with Crippen molar-refractivity contribution in [3.05, 3.63) is 69.3 Å². The van der Waals surface area contributed by atoms with E-state index in [-0.39, 0.29) is 5.92 Å². The van der Waals surface area contributed by atoms with Gasteiger partial charge in [0.05, 0.1) is 18.7 Å². The van der Waals surface area contributed by atoms with E-state index in [0.29, 0.717) is 11.5 Å². The van der Waals surface area contributed by atoms with Crippen LogP contribution in [-0.2, 0) is 0 Å². The number of fused-ring (bicyclic) bond motifs is 2. The summed E-state index contributed by atoms with van der Waals surface area (Å²) in [6, 6.07) is 12.5. The number of rotatable bonds is 3. The minimum atomic E-state index is 0.0571. The molecule has 1 aliphatic heterocycles. The minimum Gasteiger partial charge on any atom is -0.493 e. The Hall–Kier alpha value is -2.40. The maximum Gasteiger partial charge on any atom is 0.201 e. The predicted molar refractivity (Wildman–Crippen MR) is 100 cm³/mol. The molecule has 3 aromatic rings. The third kappa shape index (κ3) is 2.59. The van der Waals surface area contributed by atoms with E-state index in [4.69, 9.17) is 14.2 Å². The average molecular weight is 400 g/mol. The van der Waals surface area contributed by atoms with Crippen LogP contribution in [0.2, 0.25) is 0 Å². The Morgan fingerprint density at radius 1 is 1.04 bits per heavy atom. The smallest absolute Gasteiger partial charge is 0.201 e. The highest BCUT2D eigenvalue weighted by molar-refractivity contribution is 9.10. The zero-order valence-electron chi connectivity index (χ0n) is 14.2. The fourth-order valence-electron chi connectivity index (χ4n) is 3.39. The fourth-order valence-corrected chi connectivity index (χ4v) is 4.01. The van der Waals surface area contributed by atoms with Crippen LogP contribution in [-0.4, -0.2) is 19.2 Å². The van der Waals surface area contributed by atoms with Gasteiger partial charge in [0.25, 0.3) is 0 Å². The molecule has 2 heterocycles. The first kappa shape index (κ1) is 16.1. The summed E-state index contributed by atoms with van der Waals surface area (Å²) < 4.78 is 17.9. The molecule has 0 aliphatic carbocycles. The number of nitrogens with one attached hydrogen (secondary N) is 1. The van der Waals surface area contributed by atoms with Crippen LogP contribution in [0.3, 0.4) is 0 Å². The molecule has 1 aliphatic rings. The molecule has 0 spiro atoms. The van der Waals surface area contributed by atoms with Crippen LogP contribution >= 0.6 is 15.9 Å². The summed E-state index contributed by atoms with van der Waals surface area (Å²) in [5.41, 5.74) is 4.52. The van der Waals surface area contributed by atoms with Gasteiger partial charge in [-0.15, -0.1) is 0 Å². The lowest BCUT2D eigenvalue weighted by molar-refractivity contribution is 0.352. The van der Waals surface area contributed by atoms with Crippen molar-refractivity contribution < 1.29 is 14.2 Å². The molecule has 0 radical (unpaired) electrons. The molecule has 5 heteroatoms. The largest absolute Gasteiger partial charge is 0.493 e. The zero-order valence-corrected chi connectivity index (χ0v) is 15.8. The van der Waals surface area contributed by atoms with Crippen LogP contribution in [0, 0.1) is 6.92 Å². The third-order valence-corrected chi connectivity index (χ3v) is 5.12. The number of methoxy groups -OCH3 is 2. The van der Waals surface area contributed by atoms with E-state index in [1.807, 2.05) is 12.3 Å². The van der Waals surface area contributed by atoms with Crippen LogP contribution in [0.15, 0.2) is 47.1 Å². The molecule has 0 amide bonds. The van der Waals surface area contributed by atoms with Gasteiger partial charge >= 0.3 is 0 Å². The van der Waals surface area contributed by atoms with Crippen molar-refractivity contribution in [2.75, 3.05) is 14.2 Å². The Balaban J connectivity index is 1.94. The van der Waals surface area contributed by atoms with Crippen molar-refractivity contribution in [1.29, 1.82) is 0 Å². The van der Waals surface area contributed by atoms with Gasteiger partial charge in [-0.3, -0.25) is 0 Å². The summed E-state index contributed by atoms with van der Waals surface area (Å²) in [7, 11) is 3.29. The Bertz CT molecular complexity index is 948. The summed E-state index contributed by atoms with van der Waals surface area (Å²) in [5, 5.41) is 0. The Labute approximate surface area is 154 Å². The van der Waals surface area contributed by atoms with Gasteiger partial charge in [0.1, 0.15) is 5.75 Å². The number of aromatic nitrogens is 1. The molecule has 2 aromatic carbocycles. The van der Waals surface area contributed by atoms with Crippen molar-refractivity contribution in [2.45, 2.75) is 12.8 Å². The SMILES string of the molecule is COc1cc(C2c3ccc(C)cc3Oc3[nH]ccc32)cc(Br)c1OC. The number of aromatic amines is 1. The van der Waals surface area contributed by atoms with Crippen LogP contribution in [0.4, 0.5) is 0 Å². The summed E-state index contributed by atoms with van der Waals surface area (Å²) in [5.74, 6) is 3.11. The highest BCUT2D eigenvalue weighted by atomic mass is 79.9. The normalized spacial score (nSPS) is 15.1. The van der Waals surface area contributed by atoms with Gasteiger partial charge in [-0.1, -0.05) is 12.1 Å². The van der Waals surface area contributed by atoms with Crippen LogP contribution < -0.4 is 14.2 Å². The quantitative estimate of drug-likeness (QED) is 0.502. The lowest BCUT2D eigenvalue weighted by Gasteiger charge is -2.27. The molecule has 0 bridgehead atoms. The fraction of sp³-hybridized carbons (Fsp3) is 0.200. The first-order valence-electron chi connectivity index (χ1n) is 7.99. The second-order valence-electron chi connectivity index (χ2n) is 6.08. The molecular weight excluding hydrogens is 382 g/mol. The molecule has 25 heavy (non-hydrogen) atoms. The molecule has 128 valence electrons. The summed E-state index contributed by atoms with van der Waals surface area (Å²) in [6.07, 6.45) is 1.91. The van der Waals surface area contributed by atoms with Crippen LogP contribution in [0.1, 0.15) is 28.2 Å². The third-order valence-electron chi connectivity index (χ3n) is 4.53.